The van der Waals surface area contributed by atoms with Gasteiger partial charge >= 0.3 is 0 Å². The summed E-state index contributed by atoms with van der Waals surface area (Å²) in [5.74, 6) is 1.68. The fraction of sp³-hybridized carbons (Fsp3) is 0.647. The molecule has 2 nitrogen and oxygen atoms in total. The summed E-state index contributed by atoms with van der Waals surface area (Å²) in [4.78, 5) is 2.22. The van der Waals surface area contributed by atoms with E-state index in [-0.39, 0.29) is 0 Å². The summed E-state index contributed by atoms with van der Waals surface area (Å²) in [5, 5.41) is 0.782. The molecule has 0 spiro atoms. The SMILES string of the molecule is CCc1cc(Cl)c(OCC2CC2)c(CCCN(C)C)c1. The van der Waals surface area contributed by atoms with Crippen LogP contribution in [0, 0.1) is 5.92 Å². The van der Waals surface area contributed by atoms with Crippen molar-refractivity contribution in [2.24, 2.45) is 5.92 Å². The first-order valence-electron chi connectivity index (χ1n) is 7.69. The molecule has 0 saturated heterocycles. The molecule has 0 atom stereocenters. The summed E-state index contributed by atoms with van der Waals surface area (Å²) in [6.45, 7) is 4.09. The van der Waals surface area contributed by atoms with Gasteiger partial charge in [-0.3, -0.25) is 0 Å². The number of hydrogen-bond acceptors (Lipinski definition) is 2. The normalized spacial score (nSPS) is 14.8. The number of halogens is 1. The van der Waals surface area contributed by atoms with Gasteiger partial charge in [-0.1, -0.05) is 24.6 Å². The molecule has 0 radical (unpaired) electrons. The minimum atomic E-state index is 0.756. The van der Waals surface area contributed by atoms with Gasteiger partial charge in [-0.25, -0.2) is 0 Å². The Balaban J connectivity index is 2.08. The van der Waals surface area contributed by atoms with Crippen LogP contribution in [0.25, 0.3) is 0 Å². The highest BCUT2D eigenvalue weighted by Gasteiger charge is 2.23. The number of benzene rings is 1. The zero-order valence-electron chi connectivity index (χ0n) is 12.9. The van der Waals surface area contributed by atoms with Crippen LogP contribution in [0.15, 0.2) is 12.1 Å². The van der Waals surface area contributed by atoms with Gasteiger partial charge in [0.05, 0.1) is 11.6 Å². The highest BCUT2D eigenvalue weighted by Crippen LogP contribution is 2.35. The van der Waals surface area contributed by atoms with Crippen molar-refractivity contribution in [2.75, 3.05) is 27.2 Å². The molecule has 0 aliphatic heterocycles. The molecule has 0 heterocycles. The molecule has 1 aromatic rings. The highest BCUT2D eigenvalue weighted by molar-refractivity contribution is 6.32. The van der Waals surface area contributed by atoms with E-state index in [9.17, 15) is 0 Å². The number of nitrogens with zero attached hydrogens (tertiary/aromatic N) is 1. The summed E-state index contributed by atoms with van der Waals surface area (Å²) in [6.07, 6.45) is 5.80. The monoisotopic (exact) mass is 295 g/mol. The molecule has 1 fully saturated rings. The van der Waals surface area contributed by atoms with Gasteiger partial charge in [-0.05, 0) is 75.9 Å². The molecule has 2 rings (SSSR count). The molecular formula is C17H26ClNO. The van der Waals surface area contributed by atoms with Crippen LogP contribution >= 0.6 is 11.6 Å². The van der Waals surface area contributed by atoms with Crippen molar-refractivity contribution in [3.63, 3.8) is 0 Å². The molecule has 0 N–H and O–H groups in total. The van der Waals surface area contributed by atoms with Gasteiger partial charge in [0.15, 0.2) is 0 Å². The number of aryl methyl sites for hydroxylation is 2. The summed E-state index contributed by atoms with van der Waals surface area (Å²) < 4.78 is 6.00. The molecule has 0 amide bonds. The summed E-state index contributed by atoms with van der Waals surface area (Å²) in [7, 11) is 4.22. The van der Waals surface area contributed by atoms with Crippen molar-refractivity contribution in [3.8, 4) is 5.75 Å². The van der Waals surface area contributed by atoms with Crippen LogP contribution in [0.1, 0.15) is 37.3 Å². The summed E-state index contributed by atoms with van der Waals surface area (Å²) in [5.41, 5.74) is 2.57. The van der Waals surface area contributed by atoms with Crippen molar-refractivity contribution in [1.29, 1.82) is 0 Å². The molecular weight excluding hydrogens is 270 g/mol. The molecule has 0 aromatic heterocycles. The van der Waals surface area contributed by atoms with Crippen molar-refractivity contribution >= 4 is 11.6 Å². The van der Waals surface area contributed by atoms with E-state index in [2.05, 4.69) is 38.1 Å². The number of ether oxygens (including phenoxy) is 1. The largest absolute Gasteiger partial charge is 0.491 e. The predicted octanol–water partition coefficient (Wildman–Crippen LogP) is 4.19. The predicted molar refractivity (Wildman–Crippen MR) is 85.9 cm³/mol. The van der Waals surface area contributed by atoms with Crippen molar-refractivity contribution < 1.29 is 4.74 Å². The molecule has 3 heteroatoms. The average molecular weight is 296 g/mol. The van der Waals surface area contributed by atoms with Crippen molar-refractivity contribution in [2.45, 2.75) is 39.0 Å². The first-order valence-corrected chi connectivity index (χ1v) is 8.06. The van der Waals surface area contributed by atoms with Crippen molar-refractivity contribution in [1.82, 2.24) is 4.90 Å². The highest BCUT2D eigenvalue weighted by atomic mass is 35.5. The lowest BCUT2D eigenvalue weighted by molar-refractivity contribution is 0.296. The smallest absolute Gasteiger partial charge is 0.141 e. The minimum Gasteiger partial charge on any atom is -0.491 e. The van der Waals surface area contributed by atoms with Crippen LogP contribution in [0.2, 0.25) is 5.02 Å². The lowest BCUT2D eigenvalue weighted by Gasteiger charge is -2.16. The maximum atomic E-state index is 6.42. The lowest BCUT2D eigenvalue weighted by atomic mass is 10.0. The Kier molecular flexibility index (Phi) is 5.74. The topological polar surface area (TPSA) is 12.5 Å². The van der Waals surface area contributed by atoms with Gasteiger partial charge in [0, 0.05) is 0 Å². The molecule has 20 heavy (non-hydrogen) atoms. The van der Waals surface area contributed by atoms with E-state index >= 15 is 0 Å². The van der Waals surface area contributed by atoms with E-state index in [0.717, 1.165) is 49.1 Å². The zero-order valence-corrected chi connectivity index (χ0v) is 13.7. The maximum absolute atomic E-state index is 6.42. The van der Waals surface area contributed by atoms with E-state index in [1.165, 1.54) is 24.0 Å². The molecule has 1 aromatic carbocycles. The van der Waals surface area contributed by atoms with Gasteiger partial charge in [0.25, 0.3) is 0 Å². The van der Waals surface area contributed by atoms with E-state index in [1.54, 1.807) is 0 Å². The third-order valence-corrected chi connectivity index (χ3v) is 4.08. The second-order valence-electron chi connectivity index (χ2n) is 6.08. The van der Waals surface area contributed by atoms with Gasteiger partial charge < -0.3 is 9.64 Å². The molecule has 0 unspecified atom stereocenters. The Morgan fingerprint density at radius 2 is 2.05 bits per heavy atom. The molecule has 1 aliphatic carbocycles. The van der Waals surface area contributed by atoms with E-state index < -0.39 is 0 Å². The van der Waals surface area contributed by atoms with Crippen LogP contribution < -0.4 is 4.74 Å². The minimum absolute atomic E-state index is 0.756. The van der Waals surface area contributed by atoms with Crippen molar-refractivity contribution in [3.05, 3.63) is 28.3 Å². The second-order valence-corrected chi connectivity index (χ2v) is 6.49. The van der Waals surface area contributed by atoms with Gasteiger partial charge in [-0.2, -0.15) is 0 Å². The Hall–Kier alpha value is -0.730. The first-order chi connectivity index (χ1) is 9.60. The average Bonchev–Trinajstić information content (AvgIpc) is 3.21. The third kappa shape index (κ3) is 4.68. The van der Waals surface area contributed by atoms with Crippen LogP contribution in [0.4, 0.5) is 0 Å². The summed E-state index contributed by atoms with van der Waals surface area (Å²) >= 11 is 6.42. The quantitative estimate of drug-likeness (QED) is 0.713. The third-order valence-electron chi connectivity index (χ3n) is 3.80. The Labute approximate surface area is 128 Å². The Bertz CT molecular complexity index is 441. The van der Waals surface area contributed by atoms with Crippen LogP contribution in [0.3, 0.4) is 0 Å². The summed E-state index contributed by atoms with van der Waals surface area (Å²) in [6, 6.07) is 4.32. The van der Waals surface area contributed by atoms with Gasteiger partial charge in [0.1, 0.15) is 5.75 Å². The molecule has 1 aliphatic rings. The van der Waals surface area contributed by atoms with E-state index in [1.807, 2.05) is 0 Å². The van der Waals surface area contributed by atoms with Gasteiger partial charge in [0.2, 0.25) is 0 Å². The zero-order chi connectivity index (χ0) is 14.5. The Morgan fingerprint density at radius 1 is 1.30 bits per heavy atom. The second kappa shape index (κ2) is 7.33. The van der Waals surface area contributed by atoms with Gasteiger partial charge in [-0.15, -0.1) is 0 Å². The molecule has 1 saturated carbocycles. The first kappa shape index (κ1) is 15.7. The number of hydrogen-bond donors (Lipinski definition) is 0. The van der Waals surface area contributed by atoms with Crippen LogP contribution in [0.5, 0.6) is 5.75 Å². The van der Waals surface area contributed by atoms with E-state index in [0.29, 0.717) is 0 Å². The van der Waals surface area contributed by atoms with E-state index in [4.69, 9.17) is 16.3 Å². The fourth-order valence-electron chi connectivity index (χ4n) is 2.34. The lowest BCUT2D eigenvalue weighted by Crippen LogP contribution is -2.14. The fourth-order valence-corrected chi connectivity index (χ4v) is 2.65. The Morgan fingerprint density at radius 3 is 2.65 bits per heavy atom. The van der Waals surface area contributed by atoms with Crippen LogP contribution in [-0.2, 0) is 12.8 Å². The standard InChI is InChI=1S/C17H26ClNO/c1-4-13-10-15(6-5-9-19(2)3)17(16(18)11-13)20-12-14-7-8-14/h10-11,14H,4-9,12H2,1-3H3. The maximum Gasteiger partial charge on any atom is 0.141 e. The number of rotatable bonds is 8. The molecule has 0 bridgehead atoms. The molecule has 112 valence electrons. The van der Waals surface area contributed by atoms with Crippen LogP contribution in [-0.4, -0.2) is 32.1 Å².